The number of hydrogen-bond acceptors (Lipinski definition) is 4. The molecule has 1 amide bonds. The minimum absolute atomic E-state index is 0.136. The number of carbonyl (C=O) groups is 1. The number of benzene rings is 2. The normalized spacial score (nSPS) is 11.4. The van der Waals surface area contributed by atoms with Gasteiger partial charge in [-0.1, -0.05) is 12.1 Å². The summed E-state index contributed by atoms with van der Waals surface area (Å²) in [6, 6.07) is 10.4. The first-order valence-electron chi connectivity index (χ1n) is 7.62. The number of H-pyrrole nitrogens is 1. The zero-order valence-electron chi connectivity index (χ0n) is 13.7. The molecule has 0 atom stereocenters. The Balaban J connectivity index is 1.77. The molecule has 0 aliphatic rings. The Morgan fingerprint density at radius 2 is 1.81 bits per heavy atom. The van der Waals surface area contributed by atoms with Gasteiger partial charge >= 0.3 is 0 Å². The second kappa shape index (κ2) is 7.25. The molecule has 27 heavy (non-hydrogen) atoms. The first-order valence-corrected chi connectivity index (χ1v) is 9.34. The molecule has 0 bridgehead atoms. The van der Waals surface area contributed by atoms with E-state index in [1.165, 1.54) is 30.3 Å². The van der Waals surface area contributed by atoms with Gasteiger partial charge in [0.1, 0.15) is 11.6 Å². The van der Waals surface area contributed by atoms with Gasteiger partial charge in [0.15, 0.2) is 5.82 Å². The van der Waals surface area contributed by atoms with Gasteiger partial charge in [0, 0.05) is 23.3 Å². The third-order valence-electron chi connectivity index (χ3n) is 3.55. The summed E-state index contributed by atoms with van der Waals surface area (Å²) in [6.07, 6.45) is 0. The molecule has 0 aliphatic heterocycles. The van der Waals surface area contributed by atoms with Crippen molar-refractivity contribution in [1.82, 2.24) is 10.2 Å². The van der Waals surface area contributed by atoms with Gasteiger partial charge in [0.05, 0.1) is 11.4 Å². The molecule has 7 nitrogen and oxygen atoms in total. The maximum Gasteiger partial charge on any atom is 0.256 e. The minimum atomic E-state index is -3.72. The molecule has 10 heteroatoms. The van der Waals surface area contributed by atoms with Crippen molar-refractivity contribution < 1.29 is 22.0 Å². The molecule has 0 saturated carbocycles. The molecule has 0 unspecified atom stereocenters. The van der Waals surface area contributed by atoms with E-state index < -0.39 is 33.3 Å². The van der Waals surface area contributed by atoms with Crippen LogP contribution in [0, 0.1) is 11.6 Å². The number of aromatic nitrogens is 2. The Bertz CT molecular complexity index is 1090. The van der Waals surface area contributed by atoms with Gasteiger partial charge in [-0.2, -0.15) is 5.10 Å². The zero-order valence-corrected chi connectivity index (χ0v) is 14.6. The fourth-order valence-electron chi connectivity index (χ4n) is 2.47. The Morgan fingerprint density at radius 1 is 1.11 bits per heavy atom. The molecule has 0 fully saturated rings. The average Bonchev–Trinajstić information content (AvgIpc) is 3.01. The van der Waals surface area contributed by atoms with Crippen LogP contribution in [-0.2, 0) is 15.8 Å². The van der Waals surface area contributed by atoms with Crippen LogP contribution in [0.1, 0.15) is 15.9 Å². The Morgan fingerprint density at radius 3 is 2.48 bits per heavy atom. The predicted molar refractivity (Wildman–Crippen MR) is 95.1 cm³/mol. The van der Waals surface area contributed by atoms with Crippen LogP contribution in [0.25, 0.3) is 11.3 Å². The summed E-state index contributed by atoms with van der Waals surface area (Å²) in [5, 5.41) is 14.0. The van der Waals surface area contributed by atoms with Crippen LogP contribution >= 0.6 is 0 Å². The van der Waals surface area contributed by atoms with Crippen molar-refractivity contribution in [2.75, 3.05) is 5.32 Å². The van der Waals surface area contributed by atoms with E-state index in [0.29, 0.717) is 11.3 Å². The van der Waals surface area contributed by atoms with Gasteiger partial charge in [-0.15, -0.1) is 0 Å². The van der Waals surface area contributed by atoms with Crippen molar-refractivity contribution >= 4 is 21.7 Å². The number of hydrogen-bond donors (Lipinski definition) is 3. The Kier molecular flexibility index (Phi) is 5.02. The third kappa shape index (κ3) is 4.96. The van der Waals surface area contributed by atoms with Crippen LogP contribution in [-0.4, -0.2) is 24.5 Å². The van der Waals surface area contributed by atoms with E-state index in [2.05, 4.69) is 15.5 Å². The van der Waals surface area contributed by atoms with E-state index in [-0.39, 0.29) is 16.9 Å². The lowest BCUT2D eigenvalue weighted by atomic mass is 10.1. The van der Waals surface area contributed by atoms with Gasteiger partial charge in [-0.25, -0.2) is 22.3 Å². The number of nitrogens with two attached hydrogens (primary N) is 1. The standard InChI is InChI=1S/C17H14F2N4O3S/c18-13-5-12(6-14(19)7-13)15-8-16(23-22-15)21-17(24)11-3-1-2-10(4-11)9-27(20,25)26/h1-8H,9H2,(H2,20,25,26)(H2,21,22,23,24). The molecule has 1 heterocycles. The number of aromatic amines is 1. The second-order valence-electron chi connectivity index (χ2n) is 5.79. The molecule has 1 aromatic heterocycles. The highest BCUT2D eigenvalue weighted by molar-refractivity contribution is 7.88. The van der Waals surface area contributed by atoms with Crippen LogP contribution in [0.4, 0.5) is 14.6 Å². The van der Waals surface area contributed by atoms with Gasteiger partial charge in [-0.05, 0) is 29.8 Å². The molecule has 4 N–H and O–H groups in total. The van der Waals surface area contributed by atoms with Crippen molar-refractivity contribution in [2.45, 2.75) is 5.75 Å². The molecular formula is C17H14F2N4O3S. The van der Waals surface area contributed by atoms with Gasteiger partial charge < -0.3 is 5.32 Å². The van der Waals surface area contributed by atoms with E-state index in [9.17, 15) is 22.0 Å². The molecule has 0 spiro atoms. The number of sulfonamides is 1. The number of amides is 1. The number of halogens is 2. The monoisotopic (exact) mass is 392 g/mol. The number of nitrogens with one attached hydrogen (secondary N) is 2. The summed E-state index contributed by atoms with van der Waals surface area (Å²) in [6.45, 7) is 0. The van der Waals surface area contributed by atoms with Gasteiger partial charge in [0.2, 0.25) is 10.0 Å². The molecular weight excluding hydrogens is 378 g/mol. The summed E-state index contributed by atoms with van der Waals surface area (Å²) in [4.78, 5) is 12.3. The third-order valence-corrected chi connectivity index (χ3v) is 4.29. The van der Waals surface area contributed by atoms with Crippen molar-refractivity contribution in [3.63, 3.8) is 0 Å². The van der Waals surface area contributed by atoms with Crippen LogP contribution < -0.4 is 10.5 Å². The summed E-state index contributed by atoms with van der Waals surface area (Å²) in [5.74, 6) is -2.27. The van der Waals surface area contributed by atoms with Gasteiger partial charge in [-0.3, -0.25) is 9.89 Å². The number of primary sulfonamides is 1. The topological polar surface area (TPSA) is 118 Å². The molecule has 3 aromatic rings. The lowest BCUT2D eigenvalue weighted by Crippen LogP contribution is -2.16. The molecule has 0 radical (unpaired) electrons. The number of rotatable bonds is 5. The quantitative estimate of drug-likeness (QED) is 0.618. The average molecular weight is 392 g/mol. The Labute approximate surface area is 153 Å². The van der Waals surface area contributed by atoms with Crippen LogP contribution in [0.2, 0.25) is 0 Å². The number of nitrogens with zero attached hydrogens (tertiary/aromatic N) is 1. The SMILES string of the molecule is NS(=O)(=O)Cc1cccc(C(=O)Nc2cc(-c3cc(F)cc(F)c3)[nH]n2)c1. The fraction of sp³-hybridized carbons (Fsp3) is 0.0588. The lowest BCUT2D eigenvalue weighted by molar-refractivity contribution is 0.102. The van der Waals surface area contributed by atoms with E-state index in [4.69, 9.17) is 5.14 Å². The smallest absolute Gasteiger partial charge is 0.256 e. The van der Waals surface area contributed by atoms with E-state index in [1.54, 1.807) is 0 Å². The summed E-state index contributed by atoms with van der Waals surface area (Å²) in [5.41, 5.74) is 1.11. The predicted octanol–water partition coefficient (Wildman–Crippen LogP) is 2.40. The maximum atomic E-state index is 13.3. The highest BCUT2D eigenvalue weighted by atomic mass is 32.2. The van der Waals surface area contributed by atoms with Crippen molar-refractivity contribution in [2.24, 2.45) is 5.14 Å². The van der Waals surface area contributed by atoms with Crippen molar-refractivity contribution in [3.8, 4) is 11.3 Å². The number of carbonyl (C=O) groups excluding carboxylic acids is 1. The zero-order chi connectivity index (χ0) is 19.6. The first kappa shape index (κ1) is 18.7. The lowest BCUT2D eigenvalue weighted by Gasteiger charge is -2.04. The van der Waals surface area contributed by atoms with E-state index in [0.717, 1.165) is 18.2 Å². The van der Waals surface area contributed by atoms with Gasteiger partial charge in [0.25, 0.3) is 5.91 Å². The van der Waals surface area contributed by atoms with Crippen molar-refractivity contribution in [3.05, 3.63) is 71.3 Å². The minimum Gasteiger partial charge on any atom is -0.305 e. The summed E-state index contributed by atoms with van der Waals surface area (Å²) >= 11 is 0. The fourth-order valence-corrected chi connectivity index (χ4v) is 3.11. The first-order chi connectivity index (χ1) is 12.7. The highest BCUT2D eigenvalue weighted by Crippen LogP contribution is 2.22. The molecule has 140 valence electrons. The van der Waals surface area contributed by atoms with E-state index in [1.807, 2.05) is 0 Å². The largest absolute Gasteiger partial charge is 0.305 e. The number of anilines is 1. The van der Waals surface area contributed by atoms with E-state index >= 15 is 0 Å². The molecule has 0 aliphatic carbocycles. The van der Waals surface area contributed by atoms with Crippen LogP contribution in [0.5, 0.6) is 0 Å². The van der Waals surface area contributed by atoms with Crippen LogP contribution in [0.3, 0.4) is 0 Å². The summed E-state index contributed by atoms with van der Waals surface area (Å²) in [7, 11) is -3.72. The molecule has 3 rings (SSSR count). The molecule has 0 saturated heterocycles. The summed E-state index contributed by atoms with van der Waals surface area (Å²) < 4.78 is 49.0. The van der Waals surface area contributed by atoms with Crippen molar-refractivity contribution in [1.29, 1.82) is 0 Å². The molecule has 2 aromatic carbocycles. The maximum absolute atomic E-state index is 13.3. The second-order valence-corrected chi connectivity index (χ2v) is 7.40. The van der Waals surface area contributed by atoms with Crippen LogP contribution in [0.15, 0.2) is 48.5 Å². The Hall–Kier alpha value is -3.11. The highest BCUT2D eigenvalue weighted by Gasteiger charge is 2.12.